The van der Waals surface area contributed by atoms with E-state index < -0.39 is 0 Å². The minimum atomic E-state index is 0.557. The highest BCUT2D eigenvalue weighted by molar-refractivity contribution is 5.33. The Hall–Kier alpha value is -1.16. The molecule has 2 heterocycles. The molecule has 1 fully saturated rings. The summed E-state index contributed by atoms with van der Waals surface area (Å²) < 4.78 is 0. The quantitative estimate of drug-likeness (QED) is 0.832. The predicted molar refractivity (Wildman–Crippen MR) is 65.7 cm³/mol. The highest BCUT2D eigenvalue weighted by Crippen LogP contribution is 2.21. The second kappa shape index (κ2) is 5.25. The lowest BCUT2D eigenvalue weighted by molar-refractivity contribution is 0.581. The van der Waals surface area contributed by atoms with Crippen LogP contribution in [0.5, 0.6) is 0 Å². The average Bonchev–Trinajstić information content (AvgIpc) is 2.74. The fourth-order valence-corrected chi connectivity index (χ4v) is 2.20. The third-order valence-corrected chi connectivity index (χ3v) is 3.05. The zero-order valence-corrected chi connectivity index (χ0v) is 10.1. The lowest BCUT2D eigenvalue weighted by atomic mass is 10.2. The van der Waals surface area contributed by atoms with Crippen molar-refractivity contribution in [1.29, 1.82) is 0 Å². The lowest BCUT2D eigenvalue weighted by Gasteiger charge is -2.24. The van der Waals surface area contributed by atoms with Crippen molar-refractivity contribution in [2.24, 2.45) is 0 Å². The van der Waals surface area contributed by atoms with Gasteiger partial charge in [0.25, 0.3) is 0 Å². The molecule has 4 nitrogen and oxygen atoms in total. The average molecular weight is 220 g/mol. The van der Waals surface area contributed by atoms with Crippen LogP contribution in [0.4, 0.5) is 5.95 Å². The number of nitrogens with zero attached hydrogens (tertiary/aromatic N) is 3. The van der Waals surface area contributed by atoms with Crippen LogP contribution in [-0.4, -0.2) is 35.6 Å². The van der Waals surface area contributed by atoms with Crippen molar-refractivity contribution in [2.75, 3.05) is 24.5 Å². The summed E-state index contributed by atoms with van der Waals surface area (Å²) >= 11 is 0. The largest absolute Gasteiger partial charge is 0.337 e. The van der Waals surface area contributed by atoms with Gasteiger partial charge in [-0.25, -0.2) is 9.97 Å². The fraction of sp³-hybridized carbons (Fsp3) is 0.667. The Labute approximate surface area is 97.1 Å². The Balaban J connectivity index is 2.07. The molecule has 1 saturated heterocycles. The summed E-state index contributed by atoms with van der Waals surface area (Å²) in [7, 11) is 0. The van der Waals surface area contributed by atoms with Gasteiger partial charge in [-0.2, -0.15) is 0 Å². The first-order valence-electron chi connectivity index (χ1n) is 6.08. The highest BCUT2D eigenvalue weighted by atomic mass is 15.3. The van der Waals surface area contributed by atoms with E-state index in [2.05, 4.69) is 27.1 Å². The molecule has 1 unspecified atom stereocenters. The number of hydrogen-bond acceptors (Lipinski definition) is 4. The molecule has 16 heavy (non-hydrogen) atoms. The molecule has 1 atom stereocenters. The molecule has 0 spiro atoms. The zero-order valence-electron chi connectivity index (χ0n) is 10.1. The van der Waals surface area contributed by atoms with E-state index in [1.54, 1.807) is 0 Å². The third-order valence-electron chi connectivity index (χ3n) is 3.05. The van der Waals surface area contributed by atoms with Crippen molar-refractivity contribution >= 4 is 5.95 Å². The lowest BCUT2D eigenvalue weighted by Crippen LogP contribution is -2.38. The topological polar surface area (TPSA) is 41.0 Å². The van der Waals surface area contributed by atoms with Gasteiger partial charge in [0.05, 0.1) is 0 Å². The van der Waals surface area contributed by atoms with E-state index in [1.807, 2.05) is 19.2 Å². The molecule has 1 aromatic rings. The van der Waals surface area contributed by atoms with Crippen LogP contribution in [-0.2, 0) is 0 Å². The highest BCUT2D eigenvalue weighted by Gasteiger charge is 2.25. The van der Waals surface area contributed by atoms with E-state index in [-0.39, 0.29) is 0 Å². The van der Waals surface area contributed by atoms with Crippen LogP contribution < -0.4 is 10.2 Å². The molecule has 0 amide bonds. The van der Waals surface area contributed by atoms with Crippen molar-refractivity contribution in [3.63, 3.8) is 0 Å². The van der Waals surface area contributed by atoms with Crippen molar-refractivity contribution in [2.45, 2.75) is 32.7 Å². The van der Waals surface area contributed by atoms with Crippen molar-refractivity contribution < 1.29 is 0 Å². The summed E-state index contributed by atoms with van der Waals surface area (Å²) in [4.78, 5) is 11.2. The second-order valence-corrected chi connectivity index (χ2v) is 4.30. The summed E-state index contributed by atoms with van der Waals surface area (Å²) in [6, 6.07) is 2.50. The summed E-state index contributed by atoms with van der Waals surface area (Å²) in [5.74, 6) is 0.889. The molecule has 0 aliphatic carbocycles. The van der Waals surface area contributed by atoms with E-state index in [4.69, 9.17) is 0 Å². The number of aryl methyl sites for hydroxylation is 1. The maximum atomic E-state index is 4.50. The SMILES string of the molecule is CCNCC1CCCN1c1nccc(C)n1. The van der Waals surface area contributed by atoms with Crippen molar-refractivity contribution in [3.05, 3.63) is 18.0 Å². The first-order valence-corrected chi connectivity index (χ1v) is 6.08. The Bertz CT molecular complexity index is 340. The number of anilines is 1. The second-order valence-electron chi connectivity index (χ2n) is 4.30. The first kappa shape index (κ1) is 11.3. The molecule has 1 aliphatic heterocycles. The standard InChI is InChI=1S/C12H20N4/c1-3-13-9-11-5-4-8-16(11)12-14-7-6-10(2)15-12/h6-7,11,13H,3-5,8-9H2,1-2H3. The van der Waals surface area contributed by atoms with Gasteiger partial charge >= 0.3 is 0 Å². The van der Waals surface area contributed by atoms with E-state index in [9.17, 15) is 0 Å². The number of aromatic nitrogens is 2. The maximum absolute atomic E-state index is 4.50. The monoisotopic (exact) mass is 220 g/mol. The molecule has 0 saturated carbocycles. The zero-order chi connectivity index (χ0) is 11.4. The number of rotatable bonds is 4. The van der Waals surface area contributed by atoms with Crippen molar-refractivity contribution in [3.8, 4) is 0 Å². The minimum absolute atomic E-state index is 0.557. The van der Waals surface area contributed by atoms with E-state index in [0.29, 0.717) is 6.04 Å². The van der Waals surface area contributed by atoms with Crippen LogP contribution >= 0.6 is 0 Å². The molecule has 0 bridgehead atoms. The van der Waals surface area contributed by atoms with Crippen LogP contribution in [0.15, 0.2) is 12.3 Å². The van der Waals surface area contributed by atoms with Gasteiger partial charge in [-0.15, -0.1) is 0 Å². The van der Waals surface area contributed by atoms with E-state index in [0.717, 1.165) is 31.3 Å². The van der Waals surface area contributed by atoms with Crippen LogP contribution in [0.25, 0.3) is 0 Å². The Morgan fingerprint density at radius 1 is 1.56 bits per heavy atom. The molecule has 1 N–H and O–H groups in total. The van der Waals surface area contributed by atoms with Crippen LogP contribution in [0.1, 0.15) is 25.5 Å². The van der Waals surface area contributed by atoms with Crippen LogP contribution in [0.2, 0.25) is 0 Å². The molecule has 88 valence electrons. The van der Waals surface area contributed by atoms with Gasteiger partial charge in [0.1, 0.15) is 0 Å². The van der Waals surface area contributed by atoms with E-state index in [1.165, 1.54) is 12.8 Å². The molecule has 1 aliphatic rings. The van der Waals surface area contributed by atoms with Crippen LogP contribution in [0, 0.1) is 6.92 Å². The summed E-state index contributed by atoms with van der Waals surface area (Å²) in [6.45, 7) is 7.30. The molecular formula is C12H20N4. The smallest absolute Gasteiger partial charge is 0.225 e. The summed E-state index contributed by atoms with van der Waals surface area (Å²) in [5, 5.41) is 3.41. The Kier molecular flexibility index (Phi) is 3.72. The van der Waals surface area contributed by atoms with E-state index >= 15 is 0 Å². The molecular weight excluding hydrogens is 200 g/mol. The van der Waals surface area contributed by atoms with Gasteiger partial charge in [-0.05, 0) is 32.4 Å². The van der Waals surface area contributed by atoms with Gasteiger partial charge in [-0.3, -0.25) is 0 Å². The molecule has 1 aromatic heterocycles. The minimum Gasteiger partial charge on any atom is -0.337 e. The van der Waals surface area contributed by atoms with Gasteiger partial charge in [0.2, 0.25) is 5.95 Å². The Morgan fingerprint density at radius 2 is 2.44 bits per heavy atom. The molecule has 2 rings (SSSR count). The summed E-state index contributed by atoms with van der Waals surface area (Å²) in [5.41, 5.74) is 1.04. The maximum Gasteiger partial charge on any atom is 0.225 e. The molecule has 0 aromatic carbocycles. The molecule has 4 heteroatoms. The predicted octanol–water partition coefficient (Wildman–Crippen LogP) is 1.36. The third kappa shape index (κ3) is 2.50. The number of nitrogens with one attached hydrogen (secondary N) is 1. The van der Waals surface area contributed by atoms with Gasteiger partial charge in [-0.1, -0.05) is 6.92 Å². The normalized spacial score (nSPS) is 20.4. The number of hydrogen-bond donors (Lipinski definition) is 1. The number of likely N-dealkylation sites (N-methyl/N-ethyl adjacent to an activating group) is 1. The Morgan fingerprint density at radius 3 is 3.19 bits per heavy atom. The van der Waals surface area contributed by atoms with Gasteiger partial charge < -0.3 is 10.2 Å². The van der Waals surface area contributed by atoms with Crippen molar-refractivity contribution in [1.82, 2.24) is 15.3 Å². The summed E-state index contributed by atoms with van der Waals surface area (Å²) in [6.07, 6.45) is 4.33. The van der Waals surface area contributed by atoms with Gasteiger partial charge in [0, 0.05) is 31.0 Å². The first-order chi connectivity index (χ1) is 7.81. The van der Waals surface area contributed by atoms with Crippen LogP contribution in [0.3, 0.4) is 0 Å². The van der Waals surface area contributed by atoms with Gasteiger partial charge in [0.15, 0.2) is 0 Å². The molecule has 0 radical (unpaired) electrons. The fourth-order valence-electron chi connectivity index (χ4n) is 2.20.